The van der Waals surface area contributed by atoms with Gasteiger partial charge < -0.3 is 35.2 Å². The maximum absolute atomic E-state index is 10.5. The van der Waals surface area contributed by atoms with Crippen molar-refractivity contribution in [3.05, 3.63) is 29.8 Å². The van der Waals surface area contributed by atoms with Crippen LogP contribution in [0.4, 0.5) is 5.69 Å². The Bertz CT molecular complexity index is 674. The van der Waals surface area contributed by atoms with E-state index in [0.29, 0.717) is 6.61 Å². The van der Waals surface area contributed by atoms with Crippen LogP contribution in [0.1, 0.15) is 33.3 Å². The van der Waals surface area contributed by atoms with Crippen LogP contribution in [0, 0.1) is 0 Å². The van der Waals surface area contributed by atoms with Crippen molar-refractivity contribution >= 4 is 11.3 Å². The van der Waals surface area contributed by atoms with E-state index in [9.17, 15) is 20.4 Å². The molecule has 1 aromatic carbocycles. The molecule has 0 bridgehead atoms. The predicted octanol–water partition coefficient (Wildman–Crippen LogP) is 0.523. The molecule has 0 radical (unpaired) electrons. The number of benzene rings is 1. The van der Waals surface area contributed by atoms with E-state index in [2.05, 4.69) is 6.08 Å². The highest BCUT2D eigenvalue weighted by molar-refractivity contribution is 5.82. The molecular formula is C20H31NO6. The lowest BCUT2D eigenvalue weighted by Crippen LogP contribution is -2.54. The van der Waals surface area contributed by atoms with Crippen LogP contribution in [0.2, 0.25) is 0 Å². The summed E-state index contributed by atoms with van der Waals surface area (Å²) in [5.41, 5.74) is 2.49. The summed E-state index contributed by atoms with van der Waals surface area (Å²) in [5.74, 6) is 0.755. The first-order valence-corrected chi connectivity index (χ1v) is 9.19. The van der Waals surface area contributed by atoms with Gasteiger partial charge in [0.2, 0.25) is 0 Å². The second-order valence-electron chi connectivity index (χ2n) is 7.50. The summed E-state index contributed by atoms with van der Waals surface area (Å²) < 4.78 is 5.58. The topological polar surface area (TPSA) is 114 Å². The first kappa shape index (κ1) is 21.7. The number of aliphatic hydroxyl groups excluding tert-OH is 5. The van der Waals surface area contributed by atoms with Gasteiger partial charge in [-0.15, -0.1) is 0 Å². The largest absolute Gasteiger partial charge is 0.494 e. The number of ether oxygens (including phenoxy) is 1. The van der Waals surface area contributed by atoms with Crippen LogP contribution in [0.3, 0.4) is 0 Å². The second kappa shape index (κ2) is 8.58. The van der Waals surface area contributed by atoms with Crippen molar-refractivity contribution in [2.45, 2.75) is 57.6 Å². The highest BCUT2D eigenvalue weighted by Gasteiger charge is 2.36. The molecule has 1 heterocycles. The molecule has 0 fully saturated rings. The first-order chi connectivity index (χ1) is 12.6. The Balaban J connectivity index is 2.31. The summed E-state index contributed by atoms with van der Waals surface area (Å²) in [5, 5.41) is 49.0. The molecule has 5 N–H and O–H groups in total. The van der Waals surface area contributed by atoms with Gasteiger partial charge in [0.1, 0.15) is 24.1 Å². The minimum Gasteiger partial charge on any atom is -0.494 e. The zero-order valence-electron chi connectivity index (χ0n) is 16.3. The second-order valence-corrected chi connectivity index (χ2v) is 7.50. The van der Waals surface area contributed by atoms with E-state index >= 15 is 0 Å². The predicted molar refractivity (Wildman–Crippen MR) is 104 cm³/mol. The number of rotatable bonds is 8. The molecule has 0 aromatic heterocycles. The zero-order chi connectivity index (χ0) is 20.4. The smallest absolute Gasteiger partial charge is 0.120 e. The number of nitrogens with zero attached hydrogens (tertiary/aromatic N) is 1. The zero-order valence-corrected chi connectivity index (χ0v) is 16.3. The lowest BCUT2D eigenvalue weighted by Gasteiger charge is -2.45. The van der Waals surface area contributed by atoms with Gasteiger partial charge in [-0.2, -0.15) is 0 Å². The van der Waals surface area contributed by atoms with Crippen LogP contribution in [0.5, 0.6) is 5.75 Å². The molecule has 2 rings (SSSR count). The molecule has 7 heteroatoms. The average molecular weight is 381 g/mol. The quantitative estimate of drug-likeness (QED) is 0.446. The summed E-state index contributed by atoms with van der Waals surface area (Å²) in [6.45, 7) is 7.82. The Morgan fingerprint density at radius 2 is 1.70 bits per heavy atom. The van der Waals surface area contributed by atoms with E-state index in [0.717, 1.165) is 22.6 Å². The van der Waals surface area contributed by atoms with E-state index in [1.54, 1.807) is 0 Å². The van der Waals surface area contributed by atoms with Crippen molar-refractivity contribution in [3.63, 3.8) is 0 Å². The average Bonchev–Trinajstić information content (AvgIpc) is 2.63. The molecule has 0 spiro atoms. The van der Waals surface area contributed by atoms with Gasteiger partial charge in [-0.1, -0.05) is 6.08 Å². The van der Waals surface area contributed by atoms with E-state index < -0.39 is 36.6 Å². The number of aliphatic hydroxyl groups is 5. The lowest BCUT2D eigenvalue weighted by molar-refractivity contribution is -0.113. The van der Waals surface area contributed by atoms with Crippen LogP contribution in [-0.2, 0) is 0 Å². The van der Waals surface area contributed by atoms with Gasteiger partial charge in [0.05, 0.1) is 24.9 Å². The Hall–Kier alpha value is -1.64. The molecule has 0 saturated heterocycles. The first-order valence-electron chi connectivity index (χ1n) is 9.19. The molecular weight excluding hydrogens is 350 g/mol. The van der Waals surface area contributed by atoms with Crippen LogP contribution >= 0.6 is 0 Å². The third-order valence-corrected chi connectivity index (χ3v) is 4.96. The molecule has 0 amide bonds. The number of hydrogen-bond donors (Lipinski definition) is 5. The summed E-state index contributed by atoms with van der Waals surface area (Å²) >= 11 is 0. The number of hydrogen-bond acceptors (Lipinski definition) is 7. The van der Waals surface area contributed by atoms with Crippen molar-refractivity contribution in [2.24, 2.45) is 0 Å². The van der Waals surface area contributed by atoms with E-state index in [-0.39, 0.29) is 6.54 Å². The third kappa shape index (κ3) is 4.62. The Kier molecular flexibility index (Phi) is 6.88. The summed E-state index contributed by atoms with van der Waals surface area (Å²) in [6.07, 6.45) is -4.02. The molecule has 0 unspecified atom stereocenters. The summed E-state index contributed by atoms with van der Waals surface area (Å²) in [6, 6.07) is 5.72. The van der Waals surface area contributed by atoms with E-state index in [1.165, 1.54) is 0 Å². The molecule has 7 nitrogen and oxygen atoms in total. The highest BCUT2D eigenvalue weighted by Crippen LogP contribution is 2.40. The highest BCUT2D eigenvalue weighted by atomic mass is 16.5. The lowest BCUT2D eigenvalue weighted by atomic mass is 9.88. The molecule has 4 atom stereocenters. The number of allylic oxidation sites excluding steroid dienone is 1. The molecule has 1 aliphatic rings. The number of fused-ring (bicyclic) bond motifs is 1. The summed E-state index contributed by atoms with van der Waals surface area (Å²) in [4.78, 5) is 1.94. The van der Waals surface area contributed by atoms with Gasteiger partial charge in [-0.25, -0.2) is 0 Å². The minimum absolute atomic E-state index is 0.0359. The molecule has 1 aliphatic heterocycles. The molecule has 0 aliphatic carbocycles. The number of β-amino-alcohol motifs (C(OH)–C–C–N with tert-alkyl or cyclic N) is 1. The Labute approximate surface area is 160 Å². The van der Waals surface area contributed by atoms with Crippen molar-refractivity contribution < 1.29 is 30.3 Å². The van der Waals surface area contributed by atoms with Crippen LogP contribution in [-0.4, -0.2) is 75.2 Å². The van der Waals surface area contributed by atoms with Gasteiger partial charge in [0.15, 0.2) is 0 Å². The maximum Gasteiger partial charge on any atom is 0.120 e. The fraction of sp³-hybridized carbons (Fsp3) is 0.600. The van der Waals surface area contributed by atoms with E-state index in [1.807, 2.05) is 50.8 Å². The summed E-state index contributed by atoms with van der Waals surface area (Å²) in [7, 11) is 0. The van der Waals surface area contributed by atoms with Gasteiger partial charge in [0.25, 0.3) is 0 Å². The van der Waals surface area contributed by atoms with Crippen LogP contribution in [0.25, 0.3) is 5.57 Å². The maximum atomic E-state index is 10.5. The Morgan fingerprint density at radius 3 is 2.30 bits per heavy atom. The fourth-order valence-corrected chi connectivity index (χ4v) is 3.51. The third-order valence-electron chi connectivity index (χ3n) is 4.96. The van der Waals surface area contributed by atoms with Gasteiger partial charge in [-0.05, 0) is 51.5 Å². The fourth-order valence-electron chi connectivity index (χ4n) is 3.51. The normalized spacial score (nSPS) is 20.3. The van der Waals surface area contributed by atoms with Crippen LogP contribution in [0.15, 0.2) is 24.3 Å². The monoisotopic (exact) mass is 381 g/mol. The molecule has 0 saturated carbocycles. The van der Waals surface area contributed by atoms with E-state index in [4.69, 9.17) is 9.84 Å². The SMILES string of the molecule is CCOc1ccc2c(c1)C(C)=CC(C)(C)N2C[C@H](O)[C@@H](O)[C@H](O)[C@H](O)CO. The van der Waals surface area contributed by atoms with Crippen molar-refractivity contribution in [1.29, 1.82) is 0 Å². The number of anilines is 1. The van der Waals surface area contributed by atoms with Crippen molar-refractivity contribution in [2.75, 3.05) is 24.7 Å². The molecule has 27 heavy (non-hydrogen) atoms. The standard InChI is InChI=1S/C20H31NO6/c1-5-27-13-6-7-15-14(8-13)12(2)9-20(3,4)21(15)10-16(23)18(25)19(26)17(24)11-22/h6-9,16-19,22-26H,5,10-11H2,1-4H3/t16-,17+,18+,19+/m0/s1. The van der Waals surface area contributed by atoms with Crippen molar-refractivity contribution in [1.82, 2.24) is 0 Å². The Morgan fingerprint density at radius 1 is 1.07 bits per heavy atom. The van der Waals surface area contributed by atoms with Gasteiger partial charge >= 0.3 is 0 Å². The van der Waals surface area contributed by atoms with Gasteiger partial charge in [0, 0.05) is 17.8 Å². The molecule has 1 aromatic rings. The van der Waals surface area contributed by atoms with Crippen molar-refractivity contribution in [3.8, 4) is 5.75 Å². The van der Waals surface area contributed by atoms with Crippen LogP contribution < -0.4 is 9.64 Å². The molecule has 152 valence electrons. The minimum atomic E-state index is -1.64. The van der Waals surface area contributed by atoms with Gasteiger partial charge in [-0.3, -0.25) is 0 Å².